The highest BCUT2D eigenvalue weighted by molar-refractivity contribution is 5.80. The summed E-state index contributed by atoms with van der Waals surface area (Å²) in [6.45, 7) is 14.4. The molecule has 0 aromatic rings. The Morgan fingerprint density at radius 3 is 2.29 bits per heavy atom. The first-order valence-corrected chi connectivity index (χ1v) is 8.17. The highest BCUT2D eigenvalue weighted by atomic mass is 19.1. The topological polar surface area (TPSA) is 55.4 Å². The van der Waals surface area contributed by atoms with E-state index in [0.717, 1.165) is 0 Å². The van der Waals surface area contributed by atoms with Crippen LogP contribution in [0.2, 0.25) is 0 Å². The molecule has 1 amide bonds. The molecule has 4 nitrogen and oxygen atoms in total. The lowest BCUT2D eigenvalue weighted by molar-refractivity contribution is -0.122. The van der Waals surface area contributed by atoms with Gasteiger partial charge in [-0.1, -0.05) is 32.6 Å². The number of hydrogen-bond donors (Lipinski definition) is 1. The van der Waals surface area contributed by atoms with Crippen LogP contribution in [0.15, 0.2) is 36.2 Å². The van der Waals surface area contributed by atoms with Gasteiger partial charge in [0.25, 0.3) is 0 Å². The summed E-state index contributed by atoms with van der Waals surface area (Å²) in [4.78, 5) is 23.8. The molecular formula is C19H30FNO3. The number of alkyl carbamates (subject to hydrolysis) is 1. The van der Waals surface area contributed by atoms with Crippen molar-refractivity contribution >= 4 is 11.9 Å². The number of ketones is 1. The van der Waals surface area contributed by atoms with E-state index in [4.69, 9.17) is 4.74 Å². The predicted octanol–water partition coefficient (Wildman–Crippen LogP) is 4.87. The number of rotatable bonds is 8. The minimum Gasteiger partial charge on any atom is -0.444 e. The third-order valence-electron chi connectivity index (χ3n) is 3.19. The van der Waals surface area contributed by atoms with Gasteiger partial charge in [-0.2, -0.15) is 0 Å². The Bertz CT molecular complexity index is 513. The van der Waals surface area contributed by atoms with Gasteiger partial charge in [0.1, 0.15) is 17.2 Å². The summed E-state index contributed by atoms with van der Waals surface area (Å²) in [7, 11) is 0. The number of carbonyl (C=O) groups excluding carboxylic acids is 2. The zero-order valence-electron chi connectivity index (χ0n) is 15.6. The van der Waals surface area contributed by atoms with E-state index in [1.807, 2.05) is 13.8 Å². The van der Waals surface area contributed by atoms with Crippen molar-refractivity contribution in [2.45, 2.75) is 66.0 Å². The summed E-state index contributed by atoms with van der Waals surface area (Å²) >= 11 is 0. The highest BCUT2D eigenvalue weighted by Crippen LogP contribution is 2.15. The van der Waals surface area contributed by atoms with Crippen LogP contribution >= 0.6 is 0 Å². The Labute approximate surface area is 144 Å². The van der Waals surface area contributed by atoms with Crippen LogP contribution in [0.3, 0.4) is 0 Å². The summed E-state index contributed by atoms with van der Waals surface area (Å²) in [5, 5.41) is 2.70. The van der Waals surface area contributed by atoms with Gasteiger partial charge in [0.2, 0.25) is 0 Å². The van der Waals surface area contributed by atoms with Gasteiger partial charge in [-0.05, 0) is 45.8 Å². The minimum absolute atomic E-state index is 0.0727. The Hall–Kier alpha value is -1.91. The molecule has 0 fully saturated rings. The SMILES string of the molecule is C=C(/C=C\C(F)=C/C)[C@H](CCC(=O)C(C)C)NC(=O)OC(C)(C)C. The van der Waals surface area contributed by atoms with Crippen LogP contribution in [0.1, 0.15) is 54.4 Å². The lowest BCUT2D eigenvalue weighted by Crippen LogP contribution is -2.40. The van der Waals surface area contributed by atoms with E-state index in [0.29, 0.717) is 18.4 Å². The lowest BCUT2D eigenvalue weighted by atomic mass is 9.97. The molecule has 0 heterocycles. The van der Waals surface area contributed by atoms with Crippen molar-refractivity contribution in [3.8, 4) is 0 Å². The molecule has 0 radical (unpaired) electrons. The summed E-state index contributed by atoms with van der Waals surface area (Å²) in [5.41, 5.74) is -0.120. The average molecular weight is 339 g/mol. The van der Waals surface area contributed by atoms with Crippen LogP contribution in [0.4, 0.5) is 9.18 Å². The number of amides is 1. The Kier molecular flexibility index (Phi) is 9.26. The molecule has 5 heteroatoms. The van der Waals surface area contributed by atoms with Gasteiger partial charge in [-0.3, -0.25) is 4.79 Å². The number of nitrogens with one attached hydrogen (secondary N) is 1. The molecule has 1 atom stereocenters. The monoisotopic (exact) mass is 339 g/mol. The van der Waals surface area contributed by atoms with E-state index in [-0.39, 0.29) is 11.7 Å². The van der Waals surface area contributed by atoms with Gasteiger partial charge < -0.3 is 10.1 Å². The van der Waals surface area contributed by atoms with E-state index in [2.05, 4.69) is 11.9 Å². The van der Waals surface area contributed by atoms with Gasteiger partial charge in [-0.25, -0.2) is 9.18 Å². The summed E-state index contributed by atoms with van der Waals surface area (Å²) in [6, 6.07) is -0.497. The van der Waals surface area contributed by atoms with Crippen LogP contribution in [0, 0.1) is 5.92 Å². The zero-order valence-corrected chi connectivity index (χ0v) is 15.6. The highest BCUT2D eigenvalue weighted by Gasteiger charge is 2.21. The molecule has 0 spiro atoms. The van der Waals surface area contributed by atoms with E-state index in [1.165, 1.54) is 18.2 Å². The smallest absolute Gasteiger partial charge is 0.408 e. The Morgan fingerprint density at radius 2 is 1.83 bits per heavy atom. The molecule has 24 heavy (non-hydrogen) atoms. The standard InChI is InChI=1S/C19H30FNO3/c1-8-15(20)10-9-14(4)16(11-12-17(22)13(2)3)21-18(23)24-19(5,6)7/h8-10,13,16H,4,11-12H2,1-3,5-7H3,(H,21,23)/b10-9-,15-8+/t16-/m0/s1. The molecule has 0 saturated carbocycles. The van der Waals surface area contributed by atoms with Crippen molar-refractivity contribution in [1.29, 1.82) is 0 Å². The summed E-state index contributed by atoms with van der Waals surface area (Å²) < 4.78 is 18.5. The van der Waals surface area contributed by atoms with Crippen molar-refractivity contribution < 1.29 is 18.7 Å². The predicted molar refractivity (Wildman–Crippen MR) is 95.4 cm³/mol. The van der Waals surface area contributed by atoms with Crippen LogP contribution in [-0.4, -0.2) is 23.5 Å². The largest absolute Gasteiger partial charge is 0.444 e. The first-order chi connectivity index (χ1) is 11.0. The van der Waals surface area contributed by atoms with Crippen LogP contribution < -0.4 is 5.32 Å². The zero-order chi connectivity index (χ0) is 18.9. The molecule has 0 rings (SSSR count). The fourth-order valence-electron chi connectivity index (χ4n) is 1.77. The van der Waals surface area contributed by atoms with Crippen molar-refractivity contribution in [2.75, 3.05) is 0 Å². The molecule has 0 saturated heterocycles. The second-order valence-electron chi connectivity index (χ2n) is 6.94. The number of carbonyl (C=O) groups is 2. The molecular weight excluding hydrogens is 309 g/mol. The summed E-state index contributed by atoms with van der Waals surface area (Å²) in [6.07, 6.45) is 4.19. The maximum atomic E-state index is 13.2. The molecule has 0 aliphatic heterocycles. The first-order valence-electron chi connectivity index (χ1n) is 8.17. The number of Topliss-reactive ketones (excluding diaryl/α,β-unsaturated/α-hetero) is 1. The van der Waals surface area contributed by atoms with Crippen LogP contribution in [0.25, 0.3) is 0 Å². The van der Waals surface area contributed by atoms with Gasteiger partial charge in [0.15, 0.2) is 0 Å². The molecule has 1 N–H and O–H groups in total. The molecule has 0 aliphatic rings. The van der Waals surface area contributed by atoms with Crippen LogP contribution in [0.5, 0.6) is 0 Å². The third kappa shape index (κ3) is 9.98. The maximum Gasteiger partial charge on any atom is 0.408 e. The van der Waals surface area contributed by atoms with Crippen molar-refractivity contribution in [3.05, 3.63) is 36.2 Å². The van der Waals surface area contributed by atoms with Crippen molar-refractivity contribution in [3.63, 3.8) is 0 Å². The third-order valence-corrected chi connectivity index (χ3v) is 3.19. The Morgan fingerprint density at radius 1 is 1.25 bits per heavy atom. The van der Waals surface area contributed by atoms with Gasteiger partial charge in [0.05, 0.1) is 6.04 Å². The lowest BCUT2D eigenvalue weighted by Gasteiger charge is -2.24. The minimum atomic E-state index is -0.628. The average Bonchev–Trinajstić information content (AvgIpc) is 2.45. The van der Waals surface area contributed by atoms with Gasteiger partial charge >= 0.3 is 6.09 Å². The second kappa shape index (κ2) is 10.1. The van der Waals surface area contributed by atoms with E-state index >= 15 is 0 Å². The van der Waals surface area contributed by atoms with Crippen molar-refractivity contribution in [2.24, 2.45) is 5.92 Å². The number of allylic oxidation sites excluding steroid dienone is 3. The fraction of sp³-hybridized carbons (Fsp3) is 0.579. The second-order valence-corrected chi connectivity index (χ2v) is 6.94. The normalized spacial score (nSPS) is 13.9. The van der Waals surface area contributed by atoms with E-state index < -0.39 is 23.6 Å². The van der Waals surface area contributed by atoms with Crippen LogP contribution in [-0.2, 0) is 9.53 Å². The number of halogens is 1. The molecule has 0 unspecified atom stereocenters. The van der Waals surface area contributed by atoms with Crippen molar-refractivity contribution in [1.82, 2.24) is 5.32 Å². The maximum absolute atomic E-state index is 13.2. The van der Waals surface area contributed by atoms with E-state index in [9.17, 15) is 14.0 Å². The quantitative estimate of drug-likeness (QED) is 0.642. The number of ether oxygens (including phenoxy) is 1. The fourth-order valence-corrected chi connectivity index (χ4v) is 1.77. The molecule has 0 aromatic heterocycles. The van der Waals surface area contributed by atoms with Gasteiger partial charge in [0, 0.05) is 12.3 Å². The molecule has 136 valence electrons. The molecule has 0 aliphatic carbocycles. The first kappa shape index (κ1) is 22.1. The molecule has 0 aromatic carbocycles. The summed E-state index contributed by atoms with van der Waals surface area (Å²) in [5.74, 6) is -0.371. The Balaban J connectivity index is 5.00. The van der Waals surface area contributed by atoms with Gasteiger partial charge in [-0.15, -0.1) is 0 Å². The van der Waals surface area contributed by atoms with E-state index in [1.54, 1.807) is 27.7 Å². The molecule has 0 bridgehead atoms. The number of hydrogen-bond acceptors (Lipinski definition) is 3.